The Morgan fingerprint density at radius 1 is 1.20 bits per heavy atom. The van der Waals surface area contributed by atoms with Crippen LogP contribution in [0.4, 0.5) is 0 Å². The predicted molar refractivity (Wildman–Crippen MR) is 101 cm³/mol. The van der Waals surface area contributed by atoms with Gasteiger partial charge in [-0.25, -0.2) is 0 Å². The van der Waals surface area contributed by atoms with Gasteiger partial charge in [-0.2, -0.15) is 0 Å². The van der Waals surface area contributed by atoms with E-state index in [0.717, 1.165) is 58.1 Å². The summed E-state index contributed by atoms with van der Waals surface area (Å²) in [6.45, 7) is 7.71. The van der Waals surface area contributed by atoms with Crippen LogP contribution in [-0.2, 0) is 14.2 Å². The maximum absolute atomic E-state index is 5.71. The van der Waals surface area contributed by atoms with Crippen LogP contribution in [0.15, 0.2) is 4.99 Å². The average molecular weight is 356 g/mol. The normalized spacial score (nSPS) is 23.1. The largest absolute Gasteiger partial charge is 0.385 e. The molecule has 0 radical (unpaired) electrons. The lowest BCUT2D eigenvalue weighted by Gasteiger charge is -2.27. The third kappa shape index (κ3) is 7.50. The highest BCUT2D eigenvalue weighted by molar-refractivity contribution is 5.79. The molecule has 1 heterocycles. The molecule has 25 heavy (non-hydrogen) atoms. The molecule has 1 aliphatic carbocycles. The summed E-state index contributed by atoms with van der Waals surface area (Å²) in [5.74, 6) is 0.895. The smallest absolute Gasteiger partial charge is 0.191 e. The van der Waals surface area contributed by atoms with Gasteiger partial charge in [-0.1, -0.05) is 12.8 Å². The Kier molecular flexibility index (Phi) is 9.58. The summed E-state index contributed by atoms with van der Waals surface area (Å²) in [5.41, 5.74) is 0.328. The van der Waals surface area contributed by atoms with Gasteiger partial charge in [0.05, 0.1) is 19.3 Å². The van der Waals surface area contributed by atoms with Gasteiger partial charge in [0.1, 0.15) is 0 Å². The number of nitrogens with one attached hydrogen (secondary N) is 2. The average Bonchev–Trinajstić information content (AvgIpc) is 3.30. The molecule has 2 N–H and O–H groups in total. The van der Waals surface area contributed by atoms with Crippen LogP contribution in [0.1, 0.15) is 51.9 Å². The van der Waals surface area contributed by atoms with Crippen LogP contribution in [0.2, 0.25) is 0 Å². The maximum Gasteiger partial charge on any atom is 0.191 e. The number of rotatable bonds is 11. The van der Waals surface area contributed by atoms with E-state index in [4.69, 9.17) is 19.2 Å². The van der Waals surface area contributed by atoms with Gasteiger partial charge in [-0.05, 0) is 44.4 Å². The van der Waals surface area contributed by atoms with E-state index in [0.29, 0.717) is 24.7 Å². The molecular weight excluding hydrogens is 318 g/mol. The van der Waals surface area contributed by atoms with Gasteiger partial charge in [0, 0.05) is 40.0 Å². The Morgan fingerprint density at radius 2 is 2.04 bits per heavy atom. The molecule has 2 aliphatic rings. The standard InChI is InChI=1S/C19H37N3O3/c1-3-20-18(21-11-14-24-15-17-7-6-12-25-17)22-16-19(10-13-23-2)8-4-5-9-19/h17H,3-16H2,1-2H3,(H2,20,21,22). The van der Waals surface area contributed by atoms with Crippen molar-refractivity contribution in [2.24, 2.45) is 10.4 Å². The van der Waals surface area contributed by atoms with Gasteiger partial charge in [0.15, 0.2) is 5.96 Å². The molecular formula is C19H37N3O3. The first-order valence-corrected chi connectivity index (χ1v) is 9.98. The van der Waals surface area contributed by atoms with Crippen molar-refractivity contribution in [3.8, 4) is 0 Å². The summed E-state index contributed by atoms with van der Waals surface area (Å²) < 4.78 is 16.6. The fraction of sp³-hybridized carbons (Fsp3) is 0.947. The minimum atomic E-state index is 0.296. The summed E-state index contributed by atoms with van der Waals surface area (Å²) in [7, 11) is 1.79. The number of nitrogens with zero attached hydrogens (tertiary/aromatic N) is 1. The van der Waals surface area contributed by atoms with Gasteiger partial charge in [0.25, 0.3) is 0 Å². The van der Waals surface area contributed by atoms with Crippen LogP contribution in [0, 0.1) is 5.41 Å². The van der Waals surface area contributed by atoms with Crippen molar-refractivity contribution in [3.05, 3.63) is 0 Å². The SMILES string of the molecule is CCNC(=NCC1(CCOC)CCCC1)NCCOCC1CCCO1. The zero-order valence-corrected chi connectivity index (χ0v) is 16.1. The van der Waals surface area contributed by atoms with E-state index in [2.05, 4.69) is 17.6 Å². The molecule has 0 aromatic rings. The first kappa shape index (κ1) is 20.5. The van der Waals surface area contributed by atoms with Crippen molar-refractivity contribution in [1.82, 2.24) is 10.6 Å². The van der Waals surface area contributed by atoms with Crippen molar-refractivity contribution in [1.29, 1.82) is 0 Å². The summed E-state index contributed by atoms with van der Waals surface area (Å²) in [6.07, 6.45) is 8.87. The van der Waals surface area contributed by atoms with Crippen LogP contribution in [0.25, 0.3) is 0 Å². The van der Waals surface area contributed by atoms with Crippen molar-refractivity contribution in [2.45, 2.75) is 58.0 Å². The fourth-order valence-electron chi connectivity index (χ4n) is 3.75. The Morgan fingerprint density at radius 3 is 2.72 bits per heavy atom. The molecule has 2 rings (SSSR count). The van der Waals surface area contributed by atoms with E-state index in [1.807, 2.05) is 0 Å². The van der Waals surface area contributed by atoms with Crippen molar-refractivity contribution < 1.29 is 14.2 Å². The fourth-order valence-corrected chi connectivity index (χ4v) is 3.75. The Labute approximate surface area is 153 Å². The molecule has 1 saturated carbocycles. The van der Waals surface area contributed by atoms with E-state index in [9.17, 15) is 0 Å². The lowest BCUT2D eigenvalue weighted by Crippen LogP contribution is -2.40. The third-order valence-electron chi connectivity index (χ3n) is 5.28. The quantitative estimate of drug-likeness (QED) is 0.338. The molecule has 1 aliphatic heterocycles. The molecule has 146 valence electrons. The minimum Gasteiger partial charge on any atom is -0.385 e. The predicted octanol–water partition coefficient (Wildman–Crippen LogP) is 2.33. The van der Waals surface area contributed by atoms with E-state index >= 15 is 0 Å². The molecule has 0 bridgehead atoms. The van der Waals surface area contributed by atoms with Crippen molar-refractivity contribution in [2.75, 3.05) is 53.2 Å². The number of hydrogen-bond acceptors (Lipinski definition) is 4. The molecule has 6 nitrogen and oxygen atoms in total. The highest BCUT2D eigenvalue weighted by Gasteiger charge is 2.33. The molecule has 0 spiro atoms. The van der Waals surface area contributed by atoms with E-state index in [1.54, 1.807) is 7.11 Å². The lowest BCUT2D eigenvalue weighted by molar-refractivity contribution is 0.0191. The monoisotopic (exact) mass is 355 g/mol. The van der Waals surface area contributed by atoms with Gasteiger partial charge >= 0.3 is 0 Å². The summed E-state index contributed by atoms with van der Waals surface area (Å²) in [5, 5.41) is 6.72. The summed E-state index contributed by atoms with van der Waals surface area (Å²) in [6, 6.07) is 0. The van der Waals surface area contributed by atoms with Crippen molar-refractivity contribution >= 4 is 5.96 Å². The second-order valence-corrected chi connectivity index (χ2v) is 7.28. The molecule has 1 unspecified atom stereocenters. The highest BCUT2D eigenvalue weighted by Crippen LogP contribution is 2.41. The molecule has 0 aromatic heterocycles. The van der Waals surface area contributed by atoms with Crippen LogP contribution >= 0.6 is 0 Å². The summed E-state index contributed by atoms with van der Waals surface area (Å²) >= 11 is 0. The topological polar surface area (TPSA) is 64.1 Å². The number of hydrogen-bond donors (Lipinski definition) is 2. The molecule has 1 saturated heterocycles. The molecule has 6 heteroatoms. The first-order chi connectivity index (χ1) is 12.3. The second kappa shape index (κ2) is 11.7. The molecule has 1 atom stereocenters. The number of guanidine groups is 1. The van der Waals surface area contributed by atoms with Crippen LogP contribution in [0.3, 0.4) is 0 Å². The zero-order chi connectivity index (χ0) is 17.8. The first-order valence-electron chi connectivity index (χ1n) is 9.98. The summed E-state index contributed by atoms with van der Waals surface area (Å²) in [4.78, 5) is 4.85. The number of aliphatic imine (C=N–C) groups is 1. The zero-order valence-electron chi connectivity index (χ0n) is 16.1. The Bertz CT molecular complexity index is 378. The molecule has 2 fully saturated rings. The van der Waals surface area contributed by atoms with Gasteiger partial charge < -0.3 is 24.8 Å². The molecule has 0 amide bonds. The van der Waals surface area contributed by atoms with Crippen molar-refractivity contribution in [3.63, 3.8) is 0 Å². The lowest BCUT2D eigenvalue weighted by atomic mass is 9.83. The van der Waals surface area contributed by atoms with Crippen LogP contribution in [0.5, 0.6) is 0 Å². The Hall–Kier alpha value is -0.850. The number of ether oxygens (including phenoxy) is 3. The van der Waals surface area contributed by atoms with E-state index in [-0.39, 0.29) is 0 Å². The van der Waals surface area contributed by atoms with E-state index in [1.165, 1.54) is 25.7 Å². The van der Waals surface area contributed by atoms with Crippen LogP contribution < -0.4 is 10.6 Å². The maximum atomic E-state index is 5.71. The Balaban J connectivity index is 1.70. The highest BCUT2D eigenvalue weighted by atomic mass is 16.5. The van der Waals surface area contributed by atoms with Gasteiger partial charge in [-0.3, -0.25) is 4.99 Å². The van der Waals surface area contributed by atoms with Crippen LogP contribution in [-0.4, -0.2) is 65.2 Å². The van der Waals surface area contributed by atoms with Gasteiger partial charge in [0.2, 0.25) is 0 Å². The second-order valence-electron chi connectivity index (χ2n) is 7.28. The number of methoxy groups -OCH3 is 1. The minimum absolute atomic E-state index is 0.296. The van der Waals surface area contributed by atoms with E-state index < -0.39 is 0 Å². The van der Waals surface area contributed by atoms with Gasteiger partial charge in [-0.15, -0.1) is 0 Å². The third-order valence-corrected chi connectivity index (χ3v) is 5.28. The molecule has 0 aromatic carbocycles.